The highest BCUT2D eigenvalue weighted by Gasteiger charge is 2.32. The van der Waals surface area contributed by atoms with E-state index in [1.54, 1.807) is 30.3 Å². The van der Waals surface area contributed by atoms with Gasteiger partial charge in [-0.05, 0) is 17.5 Å². The average molecular weight is 355 g/mol. The lowest BCUT2D eigenvalue weighted by Gasteiger charge is -2.27. The van der Waals surface area contributed by atoms with E-state index >= 15 is 0 Å². The molecule has 0 heterocycles. The minimum Gasteiger partial charge on any atom is -0.377 e. The Bertz CT molecular complexity index is 1020. The summed E-state index contributed by atoms with van der Waals surface area (Å²) in [6.07, 6.45) is 0. The summed E-state index contributed by atoms with van der Waals surface area (Å²) in [5.41, 5.74) is 3.77. The number of anilines is 1. The van der Waals surface area contributed by atoms with Gasteiger partial charge in [0.15, 0.2) is 11.6 Å². The number of ketones is 2. The second-order valence-corrected chi connectivity index (χ2v) is 7.21. The molecule has 1 atom stereocenters. The Morgan fingerprint density at radius 1 is 0.667 bits per heavy atom. The van der Waals surface area contributed by atoms with E-state index in [0.717, 1.165) is 5.56 Å². The van der Waals surface area contributed by atoms with E-state index in [4.69, 9.17) is 0 Å². The lowest BCUT2D eigenvalue weighted by atomic mass is 9.83. The first-order valence-electron chi connectivity index (χ1n) is 9.21. The Morgan fingerprint density at radius 3 is 1.93 bits per heavy atom. The summed E-state index contributed by atoms with van der Waals surface area (Å²) >= 11 is 0. The number of hydrogen-bond donors (Lipinski definition) is 1. The van der Waals surface area contributed by atoms with Crippen molar-refractivity contribution in [3.63, 3.8) is 0 Å². The van der Waals surface area contributed by atoms with Crippen molar-refractivity contribution in [1.82, 2.24) is 0 Å². The van der Waals surface area contributed by atoms with Crippen molar-refractivity contribution in [2.24, 2.45) is 5.92 Å². The Morgan fingerprint density at radius 2 is 1.26 bits per heavy atom. The molecular formula is C24H21NO2. The molecule has 0 saturated carbocycles. The summed E-state index contributed by atoms with van der Waals surface area (Å²) in [4.78, 5) is 26.1. The minimum absolute atomic E-state index is 0.0396. The molecule has 1 unspecified atom stereocenters. The van der Waals surface area contributed by atoms with Gasteiger partial charge in [-0.15, -0.1) is 0 Å². The first-order chi connectivity index (χ1) is 13.1. The summed E-state index contributed by atoms with van der Waals surface area (Å²) < 4.78 is 0. The first kappa shape index (κ1) is 17.2. The standard InChI is InChI=1S/C24H21NO2/c1-15(2)22(16-9-4-3-5-10-16)25-20-14-8-13-19-21(20)24(27)18-12-7-6-11-17(18)23(19)26/h3-15,22,25H,1-2H3. The van der Waals surface area contributed by atoms with E-state index < -0.39 is 0 Å². The Hall–Kier alpha value is -3.20. The first-order valence-corrected chi connectivity index (χ1v) is 9.21. The molecule has 0 fully saturated rings. The monoisotopic (exact) mass is 355 g/mol. The molecular weight excluding hydrogens is 334 g/mol. The zero-order chi connectivity index (χ0) is 19.0. The van der Waals surface area contributed by atoms with Crippen LogP contribution in [0.5, 0.6) is 0 Å². The third-order valence-electron chi connectivity index (χ3n) is 5.09. The zero-order valence-electron chi connectivity index (χ0n) is 15.4. The summed E-state index contributed by atoms with van der Waals surface area (Å²) in [5, 5.41) is 3.53. The molecule has 3 aromatic rings. The van der Waals surface area contributed by atoms with Gasteiger partial charge in [-0.2, -0.15) is 0 Å². The maximum atomic E-state index is 13.2. The van der Waals surface area contributed by atoms with Crippen molar-refractivity contribution in [3.05, 3.63) is 101 Å². The van der Waals surface area contributed by atoms with Crippen LogP contribution in [0.25, 0.3) is 0 Å². The van der Waals surface area contributed by atoms with Crippen molar-refractivity contribution < 1.29 is 9.59 Å². The van der Waals surface area contributed by atoms with Crippen LogP contribution >= 0.6 is 0 Å². The van der Waals surface area contributed by atoms with E-state index in [1.807, 2.05) is 30.3 Å². The molecule has 0 spiro atoms. The van der Waals surface area contributed by atoms with Gasteiger partial charge in [-0.3, -0.25) is 9.59 Å². The zero-order valence-corrected chi connectivity index (χ0v) is 15.4. The normalized spacial score (nSPS) is 13.9. The lowest BCUT2D eigenvalue weighted by molar-refractivity contribution is 0.0979. The molecule has 1 N–H and O–H groups in total. The van der Waals surface area contributed by atoms with E-state index in [-0.39, 0.29) is 17.6 Å². The van der Waals surface area contributed by atoms with Gasteiger partial charge in [0.1, 0.15) is 0 Å². The summed E-state index contributed by atoms with van der Waals surface area (Å²) in [7, 11) is 0. The maximum absolute atomic E-state index is 13.2. The van der Waals surface area contributed by atoms with Crippen molar-refractivity contribution in [3.8, 4) is 0 Å². The van der Waals surface area contributed by atoms with Crippen LogP contribution in [-0.4, -0.2) is 11.6 Å². The fraction of sp³-hybridized carbons (Fsp3) is 0.167. The van der Waals surface area contributed by atoms with E-state index in [0.29, 0.717) is 33.9 Å². The molecule has 0 bridgehead atoms. The third-order valence-corrected chi connectivity index (χ3v) is 5.09. The summed E-state index contributed by atoms with van der Waals surface area (Å²) in [5.74, 6) is 0.119. The number of rotatable bonds is 4. The number of carbonyl (C=O) groups excluding carboxylic acids is 2. The van der Waals surface area contributed by atoms with Crippen LogP contribution in [-0.2, 0) is 0 Å². The maximum Gasteiger partial charge on any atom is 0.196 e. The quantitative estimate of drug-likeness (QED) is 0.542. The fourth-order valence-corrected chi connectivity index (χ4v) is 3.73. The molecule has 4 rings (SSSR count). The van der Waals surface area contributed by atoms with Crippen molar-refractivity contribution >= 4 is 17.3 Å². The third kappa shape index (κ3) is 2.95. The number of nitrogens with one attached hydrogen (secondary N) is 1. The van der Waals surface area contributed by atoms with Gasteiger partial charge in [-0.25, -0.2) is 0 Å². The predicted octanol–water partition coefficient (Wildman–Crippen LogP) is 5.27. The molecule has 0 radical (unpaired) electrons. The van der Waals surface area contributed by atoms with E-state index in [1.165, 1.54) is 0 Å². The Balaban J connectivity index is 1.80. The van der Waals surface area contributed by atoms with E-state index in [9.17, 15) is 9.59 Å². The molecule has 0 aliphatic heterocycles. The van der Waals surface area contributed by atoms with Crippen LogP contribution < -0.4 is 5.32 Å². The van der Waals surface area contributed by atoms with Crippen LogP contribution in [0.1, 0.15) is 57.3 Å². The molecule has 3 heteroatoms. The van der Waals surface area contributed by atoms with Crippen LogP contribution in [0.4, 0.5) is 5.69 Å². The molecule has 0 aromatic heterocycles. The highest BCUT2D eigenvalue weighted by molar-refractivity contribution is 6.30. The minimum atomic E-state index is -0.0983. The highest BCUT2D eigenvalue weighted by Crippen LogP contribution is 2.35. The Labute approximate surface area is 159 Å². The fourth-order valence-electron chi connectivity index (χ4n) is 3.73. The van der Waals surface area contributed by atoms with Crippen molar-refractivity contribution in [2.75, 3.05) is 5.32 Å². The number of fused-ring (bicyclic) bond motifs is 2. The summed E-state index contributed by atoms with van der Waals surface area (Å²) in [6.45, 7) is 4.28. The topological polar surface area (TPSA) is 46.2 Å². The van der Waals surface area contributed by atoms with Crippen LogP contribution in [0, 0.1) is 5.92 Å². The van der Waals surface area contributed by atoms with Crippen LogP contribution in [0.3, 0.4) is 0 Å². The lowest BCUT2D eigenvalue weighted by Crippen LogP contribution is -2.24. The largest absolute Gasteiger partial charge is 0.377 e. The SMILES string of the molecule is CC(C)C(Nc1cccc2c1C(=O)c1ccccc1C2=O)c1ccccc1. The van der Waals surface area contributed by atoms with Gasteiger partial charge in [0.2, 0.25) is 0 Å². The number of benzene rings is 3. The van der Waals surface area contributed by atoms with Gasteiger partial charge < -0.3 is 5.32 Å². The second-order valence-electron chi connectivity index (χ2n) is 7.21. The molecule has 134 valence electrons. The van der Waals surface area contributed by atoms with Gasteiger partial charge in [0.05, 0.1) is 11.6 Å². The van der Waals surface area contributed by atoms with Crippen molar-refractivity contribution in [1.29, 1.82) is 0 Å². The predicted molar refractivity (Wildman–Crippen MR) is 107 cm³/mol. The second kappa shape index (κ2) is 6.84. The summed E-state index contributed by atoms with van der Waals surface area (Å²) in [6, 6.07) is 22.7. The molecule has 3 nitrogen and oxygen atoms in total. The highest BCUT2D eigenvalue weighted by atomic mass is 16.1. The molecule has 1 aliphatic carbocycles. The number of hydrogen-bond acceptors (Lipinski definition) is 3. The van der Waals surface area contributed by atoms with Crippen LogP contribution in [0.2, 0.25) is 0 Å². The molecule has 27 heavy (non-hydrogen) atoms. The van der Waals surface area contributed by atoms with Gasteiger partial charge in [0, 0.05) is 22.4 Å². The molecule has 3 aromatic carbocycles. The number of carbonyl (C=O) groups is 2. The smallest absolute Gasteiger partial charge is 0.196 e. The Kier molecular flexibility index (Phi) is 4.36. The van der Waals surface area contributed by atoms with Gasteiger partial charge in [0.25, 0.3) is 0 Å². The molecule has 0 saturated heterocycles. The van der Waals surface area contributed by atoms with Gasteiger partial charge >= 0.3 is 0 Å². The average Bonchev–Trinajstić information content (AvgIpc) is 2.70. The molecule has 1 aliphatic rings. The van der Waals surface area contributed by atoms with Crippen molar-refractivity contribution in [2.45, 2.75) is 19.9 Å². The van der Waals surface area contributed by atoms with Gasteiger partial charge in [-0.1, -0.05) is 80.6 Å². The van der Waals surface area contributed by atoms with Crippen LogP contribution in [0.15, 0.2) is 72.8 Å². The molecule has 0 amide bonds. The van der Waals surface area contributed by atoms with E-state index in [2.05, 4.69) is 31.3 Å².